The SMILES string of the molecule is CC(C)(C)c1ccc(CCC(=O)N2CCN(S(=O)(=O)Cc3ccccc3)CC2)cc1. The van der Waals surface area contributed by atoms with Crippen LogP contribution in [0.15, 0.2) is 54.6 Å². The summed E-state index contributed by atoms with van der Waals surface area (Å²) in [4.78, 5) is 14.4. The summed E-state index contributed by atoms with van der Waals surface area (Å²) in [5.74, 6) is 0.0989. The summed E-state index contributed by atoms with van der Waals surface area (Å²) in [6.45, 7) is 8.19. The average molecular weight is 429 g/mol. The van der Waals surface area contributed by atoms with Crippen LogP contribution in [0.2, 0.25) is 0 Å². The molecule has 0 unspecified atom stereocenters. The molecule has 0 bridgehead atoms. The molecule has 0 N–H and O–H groups in total. The molecular formula is C24H32N2O3S. The Morgan fingerprint density at radius 3 is 2.03 bits per heavy atom. The second-order valence-electron chi connectivity index (χ2n) is 8.97. The van der Waals surface area contributed by atoms with E-state index in [9.17, 15) is 13.2 Å². The van der Waals surface area contributed by atoms with E-state index in [4.69, 9.17) is 0 Å². The van der Waals surface area contributed by atoms with Gasteiger partial charge in [0.05, 0.1) is 5.75 Å². The molecule has 162 valence electrons. The Morgan fingerprint density at radius 2 is 1.47 bits per heavy atom. The topological polar surface area (TPSA) is 57.7 Å². The van der Waals surface area contributed by atoms with Gasteiger partial charge in [-0.05, 0) is 28.5 Å². The third-order valence-corrected chi connectivity index (χ3v) is 7.47. The molecule has 0 aliphatic carbocycles. The molecule has 5 nitrogen and oxygen atoms in total. The summed E-state index contributed by atoms with van der Waals surface area (Å²) in [5, 5.41) is 0. The molecule has 0 spiro atoms. The first kappa shape index (κ1) is 22.5. The zero-order valence-electron chi connectivity index (χ0n) is 18.2. The molecule has 30 heavy (non-hydrogen) atoms. The quantitative estimate of drug-likeness (QED) is 0.707. The van der Waals surface area contributed by atoms with Crippen molar-refractivity contribution in [1.29, 1.82) is 0 Å². The van der Waals surface area contributed by atoms with Crippen LogP contribution >= 0.6 is 0 Å². The second-order valence-corrected chi connectivity index (χ2v) is 10.9. The summed E-state index contributed by atoms with van der Waals surface area (Å²) in [5.41, 5.74) is 3.34. The Balaban J connectivity index is 1.48. The van der Waals surface area contributed by atoms with Crippen LogP contribution in [0.5, 0.6) is 0 Å². The van der Waals surface area contributed by atoms with E-state index in [1.54, 1.807) is 4.90 Å². The molecule has 1 heterocycles. The third-order valence-electron chi connectivity index (χ3n) is 5.62. The van der Waals surface area contributed by atoms with E-state index in [0.29, 0.717) is 39.0 Å². The number of sulfonamides is 1. The fraction of sp³-hybridized carbons (Fsp3) is 0.458. The number of rotatable bonds is 6. The van der Waals surface area contributed by atoms with Gasteiger partial charge in [0, 0.05) is 32.6 Å². The standard InChI is InChI=1S/C24H32N2O3S/c1-24(2,3)22-12-9-20(10-13-22)11-14-23(27)25-15-17-26(18-16-25)30(28,29)19-21-7-5-4-6-8-21/h4-10,12-13H,11,14-19H2,1-3H3. The van der Waals surface area contributed by atoms with Crippen molar-refractivity contribution >= 4 is 15.9 Å². The zero-order chi connectivity index (χ0) is 21.8. The van der Waals surface area contributed by atoms with Crippen molar-refractivity contribution in [3.8, 4) is 0 Å². The number of carbonyl (C=O) groups excluding carboxylic acids is 1. The van der Waals surface area contributed by atoms with Crippen molar-refractivity contribution < 1.29 is 13.2 Å². The number of aryl methyl sites for hydroxylation is 1. The van der Waals surface area contributed by atoms with Gasteiger partial charge in [-0.15, -0.1) is 0 Å². The first-order chi connectivity index (χ1) is 14.1. The van der Waals surface area contributed by atoms with Crippen molar-refractivity contribution in [1.82, 2.24) is 9.21 Å². The highest BCUT2D eigenvalue weighted by molar-refractivity contribution is 7.88. The van der Waals surface area contributed by atoms with Crippen LogP contribution in [0, 0.1) is 0 Å². The first-order valence-electron chi connectivity index (χ1n) is 10.5. The van der Waals surface area contributed by atoms with Gasteiger partial charge in [0.2, 0.25) is 15.9 Å². The second kappa shape index (κ2) is 9.31. The van der Waals surface area contributed by atoms with Crippen molar-refractivity contribution in [2.45, 2.75) is 44.8 Å². The number of piperazine rings is 1. The molecule has 1 amide bonds. The number of carbonyl (C=O) groups is 1. The lowest BCUT2D eigenvalue weighted by Crippen LogP contribution is -2.50. The highest BCUT2D eigenvalue weighted by atomic mass is 32.2. The Kier molecular flexibility index (Phi) is 6.98. The molecule has 0 radical (unpaired) electrons. The monoisotopic (exact) mass is 428 g/mol. The van der Waals surface area contributed by atoms with Gasteiger partial charge in [-0.1, -0.05) is 75.4 Å². The summed E-state index contributed by atoms with van der Waals surface area (Å²) >= 11 is 0. The van der Waals surface area contributed by atoms with Gasteiger partial charge in [0.25, 0.3) is 0 Å². The lowest BCUT2D eigenvalue weighted by Gasteiger charge is -2.34. The molecule has 1 saturated heterocycles. The maximum Gasteiger partial charge on any atom is 0.222 e. The van der Waals surface area contributed by atoms with Crippen LogP contribution in [0.1, 0.15) is 43.9 Å². The number of nitrogens with zero attached hydrogens (tertiary/aromatic N) is 2. The largest absolute Gasteiger partial charge is 0.340 e. The minimum atomic E-state index is -3.36. The zero-order valence-corrected chi connectivity index (χ0v) is 19.0. The fourth-order valence-corrected chi connectivity index (χ4v) is 5.19. The van der Waals surface area contributed by atoms with Crippen LogP contribution in [0.4, 0.5) is 0 Å². The maximum atomic E-state index is 12.7. The van der Waals surface area contributed by atoms with Gasteiger partial charge in [-0.25, -0.2) is 8.42 Å². The van der Waals surface area contributed by atoms with E-state index < -0.39 is 10.0 Å². The number of amides is 1. The van der Waals surface area contributed by atoms with Crippen molar-refractivity contribution in [2.24, 2.45) is 0 Å². The van der Waals surface area contributed by atoms with E-state index in [1.165, 1.54) is 9.87 Å². The molecule has 0 saturated carbocycles. The Hall–Kier alpha value is -2.18. The van der Waals surface area contributed by atoms with Gasteiger partial charge in [0.1, 0.15) is 0 Å². The number of benzene rings is 2. The molecule has 0 atom stereocenters. The summed E-state index contributed by atoms with van der Waals surface area (Å²) in [6, 6.07) is 17.7. The molecular weight excluding hydrogens is 396 g/mol. The molecule has 1 fully saturated rings. The smallest absolute Gasteiger partial charge is 0.222 e. The summed E-state index contributed by atoms with van der Waals surface area (Å²) in [7, 11) is -3.36. The van der Waals surface area contributed by atoms with E-state index in [0.717, 1.165) is 11.1 Å². The van der Waals surface area contributed by atoms with Crippen molar-refractivity contribution in [3.05, 3.63) is 71.3 Å². The van der Waals surface area contributed by atoms with Crippen LogP contribution in [0.3, 0.4) is 0 Å². The van der Waals surface area contributed by atoms with Gasteiger partial charge >= 0.3 is 0 Å². The normalized spacial score (nSPS) is 15.9. The van der Waals surface area contributed by atoms with Crippen LogP contribution < -0.4 is 0 Å². The Morgan fingerprint density at radius 1 is 0.867 bits per heavy atom. The van der Waals surface area contributed by atoms with Crippen molar-refractivity contribution in [3.63, 3.8) is 0 Å². The lowest BCUT2D eigenvalue weighted by molar-refractivity contribution is -0.132. The molecule has 1 aliphatic rings. The molecule has 1 aliphatic heterocycles. The summed E-state index contributed by atoms with van der Waals surface area (Å²) in [6.07, 6.45) is 1.15. The van der Waals surface area contributed by atoms with Gasteiger partial charge in [-0.2, -0.15) is 4.31 Å². The van der Waals surface area contributed by atoms with Crippen molar-refractivity contribution in [2.75, 3.05) is 26.2 Å². The summed E-state index contributed by atoms with van der Waals surface area (Å²) < 4.78 is 26.8. The molecule has 0 aromatic heterocycles. The van der Waals surface area contributed by atoms with E-state index >= 15 is 0 Å². The van der Waals surface area contributed by atoms with Crippen LogP contribution in [0.25, 0.3) is 0 Å². The van der Waals surface area contributed by atoms with E-state index in [1.807, 2.05) is 30.3 Å². The maximum absolute atomic E-state index is 12.7. The molecule has 2 aromatic rings. The highest BCUT2D eigenvalue weighted by Gasteiger charge is 2.28. The minimum Gasteiger partial charge on any atom is -0.340 e. The number of hydrogen-bond acceptors (Lipinski definition) is 3. The van der Waals surface area contributed by atoms with Crippen LogP contribution in [-0.2, 0) is 32.4 Å². The fourth-order valence-electron chi connectivity index (χ4n) is 3.67. The lowest BCUT2D eigenvalue weighted by atomic mass is 9.86. The molecule has 3 rings (SSSR count). The van der Waals surface area contributed by atoms with Gasteiger partial charge in [-0.3, -0.25) is 4.79 Å². The highest BCUT2D eigenvalue weighted by Crippen LogP contribution is 2.22. The predicted octanol–water partition coefficient (Wildman–Crippen LogP) is 3.59. The third kappa shape index (κ3) is 5.92. The first-order valence-corrected chi connectivity index (χ1v) is 12.1. The Labute approximate surface area is 180 Å². The van der Waals surface area contributed by atoms with E-state index in [2.05, 4.69) is 45.0 Å². The molecule has 6 heteroatoms. The van der Waals surface area contributed by atoms with E-state index in [-0.39, 0.29) is 17.1 Å². The minimum absolute atomic E-state index is 0.00630. The number of hydrogen-bond donors (Lipinski definition) is 0. The van der Waals surface area contributed by atoms with Gasteiger partial charge < -0.3 is 4.90 Å². The Bertz CT molecular complexity index is 940. The predicted molar refractivity (Wildman–Crippen MR) is 121 cm³/mol. The molecule has 2 aromatic carbocycles. The van der Waals surface area contributed by atoms with Crippen LogP contribution in [-0.4, -0.2) is 49.7 Å². The van der Waals surface area contributed by atoms with Gasteiger partial charge in [0.15, 0.2) is 0 Å². The average Bonchev–Trinajstić information content (AvgIpc) is 2.72.